The summed E-state index contributed by atoms with van der Waals surface area (Å²) >= 11 is 12.1. The van der Waals surface area contributed by atoms with Crippen LogP contribution in [0.2, 0.25) is 10.0 Å². The molecule has 1 aromatic carbocycles. The minimum Gasteiger partial charge on any atom is -0.378 e. The van der Waals surface area contributed by atoms with E-state index >= 15 is 0 Å². The molecule has 1 aliphatic rings. The van der Waals surface area contributed by atoms with Crippen LogP contribution in [0.1, 0.15) is 5.56 Å². The van der Waals surface area contributed by atoms with Crippen molar-refractivity contribution < 1.29 is 4.74 Å². The number of anilines is 1. The molecule has 0 amide bonds. The molecule has 0 unspecified atom stereocenters. The highest BCUT2D eigenvalue weighted by atomic mass is 35.5. The minimum absolute atomic E-state index is 0.0978. The first-order valence-electron chi connectivity index (χ1n) is 7.97. The van der Waals surface area contributed by atoms with Gasteiger partial charge in [-0.05, 0) is 17.7 Å². The van der Waals surface area contributed by atoms with Crippen LogP contribution in [0.15, 0.2) is 41.5 Å². The Morgan fingerprint density at radius 3 is 2.64 bits per heavy atom. The van der Waals surface area contributed by atoms with Gasteiger partial charge in [0.25, 0.3) is 5.56 Å². The SMILES string of the molecule is O=c1cc(N2CCOCC2)nc2n(Cc3ccc(Cl)c(Cl)c3)ccn12. The van der Waals surface area contributed by atoms with Gasteiger partial charge in [0.05, 0.1) is 29.8 Å². The van der Waals surface area contributed by atoms with E-state index in [2.05, 4.69) is 4.90 Å². The number of halogens is 2. The third-order valence-corrected chi connectivity index (χ3v) is 4.98. The summed E-state index contributed by atoms with van der Waals surface area (Å²) in [6.45, 7) is 3.30. The van der Waals surface area contributed by atoms with E-state index in [0.29, 0.717) is 41.4 Å². The van der Waals surface area contributed by atoms with Crippen LogP contribution in [0.3, 0.4) is 0 Å². The van der Waals surface area contributed by atoms with Crippen LogP contribution < -0.4 is 10.5 Å². The lowest BCUT2D eigenvalue weighted by Gasteiger charge is -2.27. The summed E-state index contributed by atoms with van der Waals surface area (Å²) < 4.78 is 8.83. The van der Waals surface area contributed by atoms with Crippen LogP contribution in [-0.2, 0) is 11.3 Å². The monoisotopic (exact) mass is 378 g/mol. The van der Waals surface area contributed by atoms with E-state index < -0.39 is 0 Å². The molecule has 8 heteroatoms. The van der Waals surface area contributed by atoms with Crippen LogP contribution in [0, 0.1) is 0 Å². The zero-order valence-corrected chi connectivity index (χ0v) is 14.9. The number of imidazole rings is 1. The second kappa shape index (κ2) is 6.71. The van der Waals surface area contributed by atoms with E-state index in [1.54, 1.807) is 22.7 Å². The lowest BCUT2D eigenvalue weighted by Crippen LogP contribution is -2.37. The molecule has 130 valence electrons. The number of fused-ring (bicyclic) bond motifs is 1. The molecule has 3 aromatic rings. The number of hydrogen-bond donors (Lipinski definition) is 0. The molecule has 4 rings (SSSR count). The summed E-state index contributed by atoms with van der Waals surface area (Å²) in [5, 5.41) is 1.03. The van der Waals surface area contributed by atoms with Crippen LogP contribution in [0.5, 0.6) is 0 Å². The zero-order chi connectivity index (χ0) is 17.4. The maximum absolute atomic E-state index is 12.4. The smallest absolute Gasteiger partial charge is 0.261 e. The summed E-state index contributed by atoms with van der Waals surface area (Å²) in [5.74, 6) is 1.28. The van der Waals surface area contributed by atoms with Gasteiger partial charge in [-0.2, -0.15) is 4.98 Å². The molecule has 0 aliphatic carbocycles. The lowest BCUT2D eigenvalue weighted by molar-refractivity contribution is 0.122. The molecule has 0 atom stereocenters. The van der Waals surface area contributed by atoms with Crippen LogP contribution in [0.4, 0.5) is 5.82 Å². The van der Waals surface area contributed by atoms with E-state index in [9.17, 15) is 4.79 Å². The van der Waals surface area contributed by atoms with Gasteiger partial charge in [0.2, 0.25) is 5.78 Å². The number of benzene rings is 1. The van der Waals surface area contributed by atoms with Crippen molar-refractivity contribution in [3.05, 3.63) is 62.6 Å². The maximum atomic E-state index is 12.4. The van der Waals surface area contributed by atoms with Crippen LogP contribution in [0.25, 0.3) is 5.78 Å². The summed E-state index contributed by atoms with van der Waals surface area (Å²) in [7, 11) is 0. The third kappa shape index (κ3) is 3.25. The van der Waals surface area contributed by atoms with E-state index in [0.717, 1.165) is 18.7 Å². The van der Waals surface area contributed by atoms with Crippen molar-refractivity contribution in [2.24, 2.45) is 0 Å². The van der Waals surface area contributed by atoms with Gasteiger partial charge in [0.1, 0.15) is 5.82 Å². The summed E-state index contributed by atoms with van der Waals surface area (Å²) in [4.78, 5) is 19.2. The first kappa shape index (κ1) is 16.4. The largest absolute Gasteiger partial charge is 0.378 e. The van der Waals surface area contributed by atoms with E-state index in [1.807, 2.05) is 22.9 Å². The molecule has 3 heterocycles. The number of aromatic nitrogens is 3. The number of rotatable bonds is 3. The second-order valence-corrected chi connectivity index (χ2v) is 6.71. The van der Waals surface area contributed by atoms with Gasteiger partial charge in [0.15, 0.2) is 0 Å². The summed E-state index contributed by atoms with van der Waals surface area (Å²) in [5.41, 5.74) is 0.887. The van der Waals surface area contributed by atoms with Crippen molar-refractivity contribution in [2.75, 3.05) is 31.2 Å². The van der Waals surface area contributed by atoms with Crippen molar-refractivity contribution in [2.45, 2.75) is 6.54 Å². The van der Waals surface area contributed by atoms with Gasteiger partial charge in [-0.25, -0.2) is 0 Å². The van der Waals surface area contributed by atoms with Crippen LogP contribution >= 0.6 is 23.2 Å². The molecule has 25 heavy (non-hydrogen) atoms. The Hall–Kier alpha value is -2.02. The quantitative estimate of drug-likeness (QED) is 0.702. The molecular formula is C17H16Cl2N4O2. The Morgan fingerprint density at radius 1 is 1.08 bits per heavy atom. The predicted molar refractivity (Wildman–Crippen MR) is 98.0 cm³/mol. The summed E-state index contributed by atoms with van der Waals surface area (Å²) in [6, 6.07) is 7.07. The third-order valence-electron chi connectivity index (χ3n) is 4.24. The van der Waals surface area contributed by atoms with Gasteiger partial charge in [-0.3, -0.25) is 9.20 Å². The zero-order valence-electron chi connectivity index (χ0n) is 13.4. The first-order valence-corrected chi connectivity index (χ1v) is 8.72. The van der Waals surface area contributed by atoms with Gasteiger partial charge in [-0.1, -0.05) is 29.3 Å². The molecular weight excluding hydrogens is 363 g/mol. The molecule has 1 aliphatic heterocycles. The van der Waals surface area contributed by atoms with Crippen molar-refractivity contribution in [3.63, 3.8) is 0 Å². The van der Waals surface area contributed by atoms with Gasteiger partial charge in [-0.15, -0.1) is 0 Å². The number of nitrogens with zero attached hydrogens (tertiary/aromatic N) is 4. The van der Waals surface area contributed by atoms with Crippen LogP contribution in [-0.4, -0.2) is 40.3 Å². The Bertz CT molecular complexity index is 976. The Balaban J connectivity index is 1.72. The maximum Gasteiger partial charge on any atom is 0.261 e. The first-order chi connectivity index (χ1) is 12.1. The minimum atomic E-state index is -0.0978. The highest BCUT2D eigenvalue weighted by molar-refractivity contribution is 6.42. The van der Waals surface area contributed by atoms with Gasteiger partial charge < -0.3 is 14.2 Å². The average molecular weight is 379 g/mol. The fourth-order valence-corrected chi connectivity index (χ4v) is 3.26. The highest BCUT2D eigenvalue weighted by Crippen LogP contribution is 2.23. The molecule has 6 nitrogen and oxygen atoms in total. The van der Waals surface area contributed by atoms with Crippen molar-refractivity contribution in [3.8, 4) is 0 Å². The molecule has 0 spiro atoms. The molecule has 1 saturated heterocycles. The van der Waals surface area contributed by atoms with E-state index in [4.69, 9.17) is 32.9 Å². The topological polar surface area (TPSA) is 51.8 Å². The normalized spacial score (nSPS) is 15.0. The van der Waals surface area contributed by atoms with E-state index in [-0.39, 0.29) is 5.56 Å². The van der Waals surface area contributed by atoms with Crippen molar-refractivity contribution in [1.82, 2.24) is 14.0 Å². The Kier molecular flexibility index (Phi) is 4.41. The fraction of sp³-hybridized carbons (Fsp3) is 0.294. The molecule has 0 N–H and O–H groups in total. The standard InChI is InChI=1S/C17H16Cl2N4O2/c18-13-2-1-12(9-14(13)19)11-22-3-4-23-16(24)10-15(20-17(22)23)21-5-7-25-8-6-21/h1-4,9-10H,5-8,11H2. The number of morpholine rings is 1. The van der Waals surface area contributed by atoms with Crippen molar-refractivity contribution in [1.29, 1.82) is 0 Å². The average Bonchev–Trinajstić information content (AvgIpc) is 3.02. The van der Waals surface area contributed by atoms with Gasteiger partial charge >= 0.3 is 0 Å². The van der Waals surface area contributed by atoms with E-state index in [1.165, 1.54) is 0 Å². The molecule has 0 radical (unpaired) electrons. The molecule has 0 saturated carbocycles. The second-order valence-electron chi connectivity index (χ2n) is 5.90. The molecule has 2 aromatic heterocycles. The Labute approximate surface area is 154 Å². The molecule has 1 fully saturated rings. The molecule has 0 bridgehead atoms. The van der Waals surface area contributed by atoms with Crippen molar-refractivity contribution >= 4 is 34.8 Å². The fourth-order valence-electron chi connectivity index (χ4n) is 2.94. The lowest BCUT2D eigenvalue weighted by atomic mass is 10.2. The highest BCUT2D eigenvalue weighted by Gasteiger charge is 2.15. The Morgan fingerprint density at radius 2 is 1.88 bits per heavy atom. The summed E-state index contributed by atoms with van der Waals surface area (Å²) in [6.07, 6.45) is 3.57. The number of ether oxygens (including phenoxy) is 1. The predicted octanol–water partition coefficient (Wildman–Crippen LogP) is 2.69. The number of hydrogen-bond acceptors (Lipinski definition) is 4. The van der Waals surface area contributed by atoms with Gasteiger partial charge in [0, 0.05) is 31.5 Å².